The Balaban J connectivity index is 2.16. The first kappa shape index (κ1) is 25.3. The van der Waals surface area contributed by atoms with E-state index in [1.165, 1.54) is 11.8 Å². The Morgan fingerprint density at radius 3 is 2.29 bits per heavy atom. The first-order valence-corrected chi connectivity index (χ1v) is 12.4. The first-order valence-electron chi connectivity index (χ1n) is 10.8. The molecule has 2 aromatic carbocycles. The number of halogens is 1. The van der Waals surface area contributed by atoms with Crippen LogP contribution in [0, 0.1) is 6.92 Å². The van der Waals surface area contributed by atoms with Gasteiger partial charge in [0.1, 0.15) is 6.04 Å². The van der Waals surface area contributed by atoms with Crippen LogP contribution < -0.4 is 5.32 Å². The van der Waals surface area contributed by atoms with E-state index in [1.807, 2.05) is 76.2 Å². The smallest absolute Gasteiger partial charge is 0.243 e. The van der Waals surface area contributed by atoms with Gasteiger partial charge in [-0.15, -0.1) is 11.8 Å². The molecule has 0 aliphatic heterocycles. The minimum absolute atomic E-state index is 0.0357. The minimum Gasteiger partial charge on any atom is -0.352 e. The van der Waals surface area contributed by atoms with Crippen molar-refractivity contribution in [3.05, 3.63) is 70.2 Å². The normalized spacial score (nSPS) is 12.8. The molecule has 168 valence electrons. The molecule has 0 saturated heterocycles. The summed E-state index contributed by atoms with van der Waals surface area (Å²) in [4.78, 5) is 28.0. The third-order valence-electron chi connectivity index (χ3n) is 5.43. The molecule has 0 aromatic heterocycles. The van der Waals surface area contributed by atoms with Gasteiger partial charge >= 0.3 is 0 Å². The van der Waals surface area contributed by atoms with Gasteiger partial charge in [-0.1, -0.05) is 67.9 Å². The molecular formula is C25H33ClN2O2S. The molecule has 2 amide bonds. The number of nitrogens with one attached hydrogen (secondary N) is 1. The highest BCUT2D eigenvalue weighted by molar-refractivity contribution is 7.99. The van der Waals surface area contributed by atoms with E-state index in [0.29, 0.717) is 29.5 Å². The van der Waals surface area contributed by atoms with E-state index in [9.17, 15) is 9.59 Å². The summed E-state index contributed by atoms with van der Waals surface area (Å²) in [7, 11) is 0. The monoisotopic (exact) mass is 460 g/mol. The molecule has 0 spiro atoms. The van der Waals surface area contributed by atoms with Crippen molar-refractivity contribution in [2.45, 2.75) is 64.9 Å². The summed E-state index contributed by atoms with van der Waals surface area (Å²) in [6.07, 6.45) is 1.41. The van der Waals surface area contributed by atoms with Crippen molar-refractivity contribution in [1.29, 1.82) is 0 Å². The summed E-state index contributed by atoms with van der Waals surface area (Å²) in [5.74, 6) is 0.824. The van der Waals surface area contributed by atoms with E-state index >= 15 is 0 Å². The summed E-state index contributed by atoms with van der Waals surface area (Å²) in [6, 6.07) is 15.3. The van der Waals surface area contributed by atoms with E-state index in [-0.39, 0.29) is 17.9 Å². The molecule has 0 aliphatic carbocycles. The molecule has 1 N–H and O–H groups in total. The number of carbonyl (C=O) groups excluding carboxylic acids is 2. The van der Waals surface area contributed by atoms with Gasteiger partial charge in [0, 0.05) is 23.4 Å². The Kier molecular flexibility index (Phi) is 10.4. The van der Waals surface area contributed by atoms with Crippen LogP contribution in [-0.2, 0) is 21.9 Å². The zero-order valence-corrected chi connectivity index (χ0v) is 20.4. The van der Waals surface area contributed by atoms with Crippen LogP contribution in [0.4, 0.5) is 0 Å². The molecule has 2 aromatic rings. The Labute approximate surface area is 195 Å². The van der Waals surface area contributed by atoms with Crippen molar-refractivity contribution in [1.82, 2.24) is 10.2 Å². The van der Waals surface area contributed by atoms with Gasteiger partial charge in [-0.3, -0.25) is 9.59 Å². The molecule has 0 heterocycles. The summed E-state index contributed by atoms with van der Waals surface area (Å²) < 4.78 is 0. The van der Waals surface area contributed by atoms with E-state index in [2.05, 4.69) is 5.32 Å². The standard InChI is InChI=1S/C25H33ClN2O2S/c1-5-19(4)27-25(30)23(6-2)28(15-20-12-8-7-11-18(20)3)24(29)17-31-16-21-13-9-10-14-22(21)26/h7-14,19,23H,5-6,15-17H2,1-4H3,(H,27,30)/t19-,23-/m0/s1. The highest BCUT2D eigenvalue weighted by atomic mass is 35.5. The average molecular weight is 461 g/mol. The fourth-order valence-electron chi connectivity index (χ4n) is 3.28. The molecule has 0 unspecified atom stereocenters. The lowest BCUT2D eigenvalue weighted by Crippen LogP contribution is -2.51. The van der Waals surface area contributed by atoms with Crippen LogP contribution in [0.2, 0.25) is 5.02 Å². The molecule has 2 atom stereocenters. The number of thioether (sulfide) groups is 1. The fraction of sp³-hybridized carbons (Fsp3) is 0.440. The van der Waals surface area contributed by atoms with Crippen LogP contribution in [0.1, 0.15) is 50.3 Å². The van der Waals surface area contributed by atoms with Crippen LogP contribution in [0.5, 0.6) is 0 Å². The second-order valence-corrected chi connectivity index (χ2v) is 9.17. The van der Waals surface area contributed by atoms with E-state index < -0.39 is 6.04 Å². The molecule has 0 aliphatic rings. The summed E-state index contributed by atoms with van der Waals surface area (Å²) >= 11 is 7.76. The van der Waals surface area contributed by atoms with Gasteiger partial charge in [0.25, 0.3) is 0 Å². The average Bonchev–Trinajstić information content (AvgIpc) is 2.76. The predicted molar refractivity (Wildman–Crippen MR) is 131 cm³/mol. The lowest BCUT2D eigenvalue weighted by molar-refractivity contribution is -0.139. The summed E-state index contributed by atoms with van der Waals surface area (Å²) in [5, 5.41) is 3.76. The van der Waals surface area contributed by atoms with Crippen LogP contribution in [0.25, 0.3) is 0 Å². The Morgan fingerprint density at radius 1 is 1.03 bits per heavy atom. The third-order valence-corrected chi connectivity index (χ3v) is 6.76. The van der Waals surface area contributed by atoms with E-state index in [1.54, 1.807) is 4.90 Å². The van der Waals surface area contributed by atoms with Crippen molar-refractivity contribution in [3.8, 4) is 0 Å². The fourth-order valence-corrected chi connectivity index (χ4v) is 4.47. The number of nitrogens with zero attached hydrogens (tertiary/aromatic N) is 1. The number of amides is 2. The topological polar surface area (TPSA) is 49.4 Å². The van der Waals surface area contributed by atoms with Gasteiger partial charge in [-0.2, -0.15) is 0 Å². The maximum atomic E-state index is 13.3. The third kappa shape index (κ3) is 7.58. The lowest BCUT2D eigenvalue weighted by Gasteiger charge is -2.32. The number of hydrogen-bond acceptors (Lipinski definition) is 3. The molecule has 0 radical (unpaired) electrons. The molecule has 2 rings (SSSR count). The van der Waals surface area contributed by atoms with Crippen LogP contribution in [0.15, 0.2) is 48.5 Å². The molecular weight excluding hydrogens is 428 g/mol. The maximum absolute atomic E-state index is 13.3. The van der Waals surface area contributed by atoms with Gasteiger partial charge in [-0.25, -0.2) is 0 Å². The number of carbonyl (C=O) groups is 2. The van der Waals surface area contributed by atoms with Crippen molar-refractivity contribution in [2.75, 3.05) is 5.75 Å². The zero-order valence-electron chi connectivity index (χ0n) is 18.9. The predicted octanol–water partition coefficient (Wildman–Crippen LogP) is 5.60. The lowest BCUT2D eigenvalue weighted by atomic mass is 10.1. The second-order valence-electron chi connectivity index (χ2n) is 7.77. The largest absolute Gasteiger partial charge is 0.352 e. The summed E-state index contributed by atoms with van der Waals surface area (Å²) in [5.41, 5.74) is 3.18. The minimum atomic E-state index is -0.498. The molecule has 0 bridgehead atoms. The maximum Gasteiger partial charge on any atom is 0.243 e. The molecule has 0 fully saturated rings. The SMILES string of the molecule is CC[C@H](C)NC(=O)[C@H](CC)N(Cc1ccccc1C)C(=O)CSCc1ccccc1Cl. The van der Waals surface area contributed by atoms with Gasteiger partial charge < -0.3 is 10.2 Å². The van der Waals surface area contributed by atoms with Gasteiger partial charge in [0.05, 0.1) is 5.75 Å². The van der Waals surface area contributed by atoms with Gasteiger partial charge in [0.2, 0.25) is 11.8 Å². The summed E-state index contributed by atoms with van der Waals surface area (Å²) in [6.45, 7) is 8.43. The molecule has 0 saturated carbocycles. The molecule has 31 heavy (non-hydrogen) atoms. The highest BCUT2D eigenvalue weighted by Crippen LogP contribution is 2.22. The number of aryl methyl sites for hydroxylation is 1. The molecule has 6 heteroatoms. The van der Waals surface area contributed by atoms with E-state index in [0.717, 1.165) is 23.1 Å². The Bertz CT molecular complexity index is 874. The Hall–Kier alpha value is -1.98. The Morgan fingerprint density at radius 2 is 1.68 bits per heavy atom. The first-order chi connectivity index (χ1) is 14.9. The van der Waals surface area contributed by atoms with Crippen molar-refractivity contribution in [3.63, 3.8) is 0 Å². The second kappa shape index (κ2) is 12.8. The van der Waals surface area contributed by atoms with E-state index in [4.69, 9.17) is 11.6 Å². The number of rotatable bonds is 11. The zero-order chi connectivity index (χ0) is 22.8. The number of benzene rings is 2. The molecule has 4 nitrogen and oxygen atoms in total. The van der Waals surface area contributed by atoms with Crippen molar-refractivity contribution < 1.29 is 9.59 Å². The van der Waals surface area contributed by atoms with Gasteiger partial charge in [-0.05, 0) is 49.4 Å². The van der Waals surface area contributed by atoms with Crippen LogP contribution >= 0.6 is 23.4 Å². The van der Waals surface area contributed by atoms with Crippen LogP contribution in [-0.4, -0.2) is 34.6 Å². The van der Waals surface area contributed by atoms with Gasteiger partial charge in [0.15, 0.2) is 0 Å². The highest BCUT2D eigenvalue weighted by Gasteiger charge is 2.29. The van der Waals surface area contributed by atoms with Crippen LogP contribution in [0.3, 0.4) is 0 Å². The van der Waals surface area contributed by atoms with Crippen molar-refractivity contribution in [2.24, 2.45) is 0 Å². The quantitative estimate of drug-likeness (QED) is 0.474. The number of hydrogen-bond donors (Lipinski definition) is 1. The van der Waals surface area contributed by atoms with Crippen molar-refractivity contribution >= 4 is 35.2 Å².